The van der Waals surface area contributed by atoms with E-state index in [0.717, 1.165) is 29.8 Å². The van der Waals surface area contributed by atoms with Gasteiger partial charge in [0.1, 0.15) is 11.3 Å². The van der Waals surface area contributed by atoms with E-state index in [4.69, 9.17) is 10.2 Å². The molecule has 0 bridgehead atoms. The van der Waals surface area contributed by atoms with Crippen LogP contribution in [-0.2, 0) is 0 Å². The van der Waals surface area contributed by atoms with Gasteiger partial charge < -0.3 is 10.2 Å². The lowest BCUT2D eigenvalue weighted by molar-refractivity contribution is 0.190. The summed E-state index contributed by atoms with van der Waals surface area (Å²) >= 11 is 0. The predicted molar refractivity (Wildman–Crippen MR) is 82.6 cm³/mol. The monoisotopic (exact) mass is 272 g/mol. The van der Waals surface area contributed by atoms with Crippen molar-refractivity contribution in [2.24, 2.45) is 11.7 Å². The van der Waals surface area contributed by atoms with Crippen LogP contribution in [0.15, 0.2) is 34.7 Å². The summed E-state index contributed by atoms with van der Waals surface area (Å²) in [7, 11) is 0. The molecule has 0 amide bonds. The summed E-state index contributed by atoms with van der Waals surface area (Å²) in [4.78, 5) is 2.53. The van der Waals surface area contributed by atoms with E-state index in [-0.39, 0.29) is 6.04 Å². The molecule has 1 aromatic heterocycles. The standard InChI is InChI=1S/C17H24N2O/c1-12(2)15-7-5-9-19(15)11-14(18)17-10-13-6-3-4-8-16(13)20-17/h3-4,6,8,10,12,14-15H,5,7,9,11,18H2,1-2H3. The third-order valence-electron chi connectivity index (χ3n) is 4.43. The topological polar surface area (TPSA) is 42.4 Å². The van der Waals surface area contributed by atoms with E-state index in [9.17, 15) is 0 Å². The van der Waals surface area contributed by atoms with Gasteiger partial charge in [0.05, 0.1) is 6.04 Å². The fourth-order valence-corrected chi connectivity index (χ4v) is 3.36. The zero-order valence-electron chi connectivity index (χ0n) is 12.4. The summed E-state index contributed by atoms with van der Waals surface area (Å²) in [5.41, 5.74) is 7.30. The fraction of sp³-hybridized carbons (Fsp3) is 0.529. The van der Waals surface area contributed by atoms with Crippen molar-refractivity contribution >= 4 is 11.0 Å². The Hall–Kier alpha value is -1.32. The molecular formula is C17H24N2O. The Bertz CT molecular complexity index is 542. The molecule has 1 fully saturated rings. The molecule has 3 heteroatoms. The third kappa shape index (κ3) is 2.60. The molecule has 3 nitrogen and oxygen atoms in total. The average Bonchev–Trinajstić information content (AvgIpc) is 3.03. The minimum atomic E-state index is -0.0400. The van der Waals surface area contributed by atoms with Crippen LogP contribution in [0.2, 0.25) is 0 Å². The first kappa shape index (κ1) is 13.7. The highest BCUT2D eigenvalue weighted by Crippen LogP contribution is 2.28. The van der Waals surface area contributed by atoms with Crippen LogP contribution in [0, 0.1) is 5.92 Å². The number of nitrogens with two attached hydrogens (primary N) is 1. The molecule has 0 spiro atoms. The second-order valence-electron chi connectivity index (χ2n) is 6.24. The lowest BCUT2D eigenvalue weighted by Crippen LogP contribution is -2.38. The number of rotatable bonds is 4. The second-order valence-corrected chi connectivity index (χ2v) is 6.24. The van der Waals surface area contributed by atoms with Crippen LogP contribution in [-0.4, -0.2) is 24.0 Å². The molecule has 0 radical (unpaired) electrons. The van der Waals surface area contributed by atoms with Crippen molar-refractivity contribution in [1.82, 2.24) is 4.90 Å². The average molecular weight is 272 g/mol. The lowest BCUT2D eigenvalue weighted by Gasteiger charge is -2.29. The normalized spacial score (nSPS) is 21.9. The van der Waals surface area contributed by atoms with Crippen LogP contribution in [0.25, 0.3) is 11.0 Å². The SMILES string of the molecule is CC(C)C1CCCN1CC(N)c1cc2ccccc2o1. The molecule has 1 aliphatic rings. The van der Waals surface area contributed by atoms with Gasteiger partial charge in [0.15, 0.2) is 0 Å². The van der Waals surface area contributed by atoms with Gasteiger partial charge in [-0.3, -0.25) is 4.90 Å². The van der Waals surface area contributed by atoms with E-state index < -0.39 is 0 Å². The van der Waals surface area contributed by atoms with E-state index in [1.54, 1.807) is 0 Å². The van der Waals surface area contributed by atoms with Crippen molar-refractivity contribution in [1.29, 1.82) is 0 Å². The molecule has 1 aromatic carbocycles. The van der Waals surface area contributed by atoms with E-state index in [1.807, 2.05) is 18.2 Å². The number of likely N-dealkylation sites (tertiary alicyclic amines) is 1. The molecule has 1 aliphatic heterocycles. The van der Waals surface area contributed by atoms with Gasteiger partial charge >= 0.3 is 0 Å². The number of fused-ring (bicyclic) bond motifs is 1. The third-order valence-corrected chi connectivity index (χ3v) is 4.43. The molecular weight excluding hydrogens is 248 g/mol. The molecule has 0 aliphatic carbocycles. The van der Waals surface area contributed by atoms with Crippen molar-refractivity contribution in [2.45, 2.75) is 38.8 Å². The minimum Gasteiger partial charge on any atom is -0.459 e. The molecule has 3 rings (SSSR count). The molecule has 2 atom stereocenters. The fourth-order valence-electron chi connectivity index (χ4n) is 3.36. The minimum absolute atomic E-state index is 0.0400. The molecule has 2 heterocycles. The highest BCUT2D eigenvalue weighted by atomic mass is 16.3. The summed E-state index contributed by atoms with van der Waals surface area (Å²) < 4.78 is 5.88. The number of hydrogen-bond acceptors (Lipinski definition) is 3. The van der Waals surface area contributed by atoms with Gasteiger partial charge in [-0.2, -0.15) is 0 Å². The maximum Gasteiger partial charge on any atom is 0.134 e. The Labute approximate surface area is 120 Å². The summed E-state index contributed by atoms with van der Waals surface area (Å²) in [6, 6.07) is 10.8. The van der Waals surface area contributed by atoms with Crippen molar-refractivity contribution in [3.8, 4) is 0 Å². The van der Waals surface area contributed by atoms with Gasteiger partial charge in [-0.05, 0) is 37.4 Å². The summed E-state index contributed by atoms with van der Waals surface area (Å²) in [5, 5.41) is 1.14. The van der Waals surface area contributed by atoms with Gasteiger partial charge in [-0.1, -0.05) is 32.0 Å². The predicted octanol–water partition coefficient (Wildman–Crippen LogP) is 3.55. The summed E-state index contributed by atoms with van der Waals surface area (Å²) in [6.07, 6.45) is 2.58. The van der Waals surface area contributed by atoms with Crippen molar-refractivity contribution in [2.75, 3.05) is 13.1 Å². The Morgan fingerprint density at radius 2 is 2.15 bits per heavy atom. The van der Waals surface area contributed by atoms with Gasteiger partial charge in [-0.25, -0.2) is 0 Å². The Kier molecular flexibility index (Phi) is 3.81. The first-order valence-corrected chi connectivity index (χ1v) is 7.63. The molecule has 1 saturated heterocycles. The first-order valence-electron chi connectivity index (χ1n) is 7.63. The molecule has 2 N–H and O–H groups in total. The molecule has 108 valence electrons. The van der Waals surface area contributed by atoms with Crippen molar-refractivity contribution in [3.05, 3.63) is 36.1 Å². The Morgan fingerprint density at radius 1 is 1.35 bits per heavy atom. The maximum atomic E-state index is 6.37. The molecule has 2 unspecified atom stereocenters. The van der Waals surface area contributed by atoms with Crippen LogP contribution in [0.1, 0.15) is 38.5 Å². The number of furan rings is 1. The van der Waals surface area contributed by atoms with Gasteiger partial charge in [0.2, 0.25) is 0 Å². The Balaban J connectivity index is 1.74. The lowest BCUT2D eigenvalue weighted by atomic mass is 10.0. The Morgan fingerprint density at radius 3 is 2.90 bits per heavy atom. The quantitative estimate of drug-likeness (QED) is 0.925. The molecule has 20 heavy (non-hydrogen) atoms. The van der Waals surface area contributed by atoms with Crippen LogP contribution < -0.4 is 5.73 Å². The number of para-hydroxylation sites is 1. The van der Waals surface area contributed by atoms with E-state index in [1.165, 1.54) is 12.8 Å². The second kappa shape index (κ2) is 5.58. The number of benzene rings is 1. The van der Waals surface area contributed by atoms with Crippen LogP contribution in [0.5, 0.6) is 0 Å². The highest BCUT2D eigenvalue weighted by molar-refractivity contribution is 5.77. The van der Waals surface area contributed by atoms with E-state index in [0.29, 0.717) is 12.0 Å². The summed E-state index contributed by atoms with van der Waals surface area (Å²) in [6.45, 7) is 6.66. The molecule has 2 aromatic rings. The largest absolute Gasteiger partial charge is 0.459 e. The molecule has 0 saturated carbocycles. The van der Waals surface area contributed by atoms with E-state index >= 15 is 0 Å². The van der Waals surface area contributed by atoms with Crippen LogP contribution in [0.4, 0.5) is 0 Å². The van der Waals surface area contributed by atoms with Crippen molar-refractivity contribution in [3.63, 3.8) is 0 Å². The zero-order valence-corrected chi connectivity index (χ0v) is 12.4. The van der Waals surface area contributed by atoms with Gasteiger partial charge in [-0.15, -0.1) is 0 Å². The van der Waals surface area contributed by atoms with Gasteiger partial charge in [0.25, 0.3) is 0 Å². The summed E-state index contributed by atoms with van der Waals surface area (Å²) in [5.74, 6) is 1.60. The van der Waals surface area contributed by atoms with Crippen LogP contribution >= 0.6 is 0 Å². The smallest absolute Gasteiger partial charge is 0.134 e. The highest BCUT2D eigenvalue weighted by Gasteiger charge is 2.29. The van der Waals surface area contributed by atoms with E-state index in [2.05, 4.69) is 30.9 Å². The number of hydrogen-bond donors (Lipinski definition) is 1. The van der Waals surface area contributed by atoms with Crippen LogP contribution in [0.3, 0.4) is 0 Å². The maximum absolute atomic E-state index is 6.37. The van der Waals surface area contributed by atoms with Crippen molar-refractivity contribution < 1.29 is 4.42 Å². The zero-order chi connectivity index (χ0) is 14.1. The first-order chi connectivity index (χ1) is 9.65. The number of nitrogens with zero attached hydrogens (tertiary/aromatic N) is 1. The van der Waals surface area contributed by atoms with Gasteiger partial charge in [0, 0.05) is 18.0 Å².